The number of nitrogens with zero attached hydrogens (tertiary/aromatic N) is 3. The van der Waals surface area contributed by atoms with Gasteiger partial charge >= 0.3 is 0 Å². The zero-order valence-corrected chi connectivity index (χ0v) is 13.8. The summed E-state index contributed by atoms with van der Waals surface area (Å²) in [5.41, 5.74) is 3.33. The highest BCUT2D eigenvalue weighted by atomic mass is 35.5. The van der Waals surface area contributed by atoms with Crippen molar-refractivity contribution in [1.29, 1.82) is 0 Å². The van der Waals surface area contributed by atoms with E-state index in [4.69, 9.17) is 16.6 Å². The quantitative estimate of drug-likeness (QED) is 0.943. The first-order valence-corrected chi connectivity index (χ1v) is 8.04. The Morgan fingerprint density at radius 2 is 2.00 bits per heavy atom. The lowest BCUT2D eigenvalue weighted by Gasteiger charge is -2.25. The molecule has 0 amide bonds. The van der Waals surface area contributed by atoms with Crippen molar-refractivity contribution in [1.82, 2.24) is 15.3 Å². The van der Waals surface area contributed by atoms with E-state index in [-0.39, 0.29) is 0 Å². The molecule has 1 aliphatic heterocycles. The van der Waals surface area contributed by atoms with E-state index < -0.39 is 0 Å². The Balaban J connectivity index is 2.07. The van der Waals surface area contributed by atoms with Crippen LogP contribution in [0.15, 0.2) is 30.5 Å². The summed E-state index contributed by atoms with van der Waals surface area (Å²) >= 11 is 6.16. The molecule has 0 atom stereocenters. The van der Waals surface area contributed by atoms with E-state index in [0.29, 0.717) is 5.92 Å². The third kappa shape index (κ3) is 3.23. The molecule has 0 spiro atoms. The third-order valence-electron chi connectivity index (χ3n) is 4.07. The summed E-state index contributed by atoms with van der Waals surface area (Å²) in [6.45, 7) is 2.09. The van der Waals surface area contributed by atoms with Crippen LogP contribution in [0, 0.1) is 0 Å². The van der Waals surface area contributed by atoms with Crippen molar-refractivity contribution in [2.24, 2.45) is 0 Å². The molecule has 1 N–H and O–H groups in total. The summed E-state index contributed by atoms with van der Waals surface area (Å²) in [7, 11) is 3.95. The predicted octanol–water partition coefficient (Wildman–Crippen LogP) is 3.33. The highest BCUT2D eigenvalue weighted by molar-refractivity contribution is 6.30. The Kier molecular flexibility index (Phi) is 4.60. The van der Waals surface area contributed by atoms with Crippen LogP contribution < -0.4 is 10.2 Å². The Labute approximate surface area is 136 Å². The maximum Gasteiger partial charge on any atom is 0.225 e. The fourth-order valence-corrected chi connectivity index (χ4v) is 3.08. The fraction of sp³-hybridized carbons (Fsp3) is 0.412. The van der Waals surface area contributed by atoms with E-state index in [1.54, 1.807) is 0 Å². The minimum Gasteiger partial charge on any atom is -0.347 e. The summed E-state index contributed by atoms with van der Waals surface area (Å²) in [5.74, 6) is 1.23. The zero-order valence-electron chi connectivity index (χ0n) is 13.0. The van der Waals surface area contributed by atoms with Crippen molar-refractivity contribution in [2.45, 2.75) is 18.8 Å². The molecule has 22 heavy (non-hydrogen) atoms. The van der Waals surface area contributed by atoms with E-state index in [2.05, 4.69) is 16.4 Å². The van der Waals surface area contributed by atoms with Gasteiger partial charge in [0.1, 0.15) is 0 Å². The second kappa shape index (κ2) is 6.63. The molecule has 0 radical (unpaired) electrons. The minimum absolute atomic E-state index is 0.469. The Morgan fingerprint density at radius 1 is 1.23 bits per heavy atom. The summed E-state index contributed by atoms with van der Waals surface area (Å²) in [5, 5.41) is 4.16. The molecular weight excluding hydrogens is 296 g/mol. The van der Waals surface area contributed by atoms with E-state index in [0.717, 1.165) is 53.7 Å². The molecular formula is C17H21ClN4. The number of rotatable bonds is 3. The van der Waals surface area contributed by atoms with Gasteiger partial charge in [-0.05, 0) is 43.6 Å². The Hall–Kier alpha value is -1.65. The number of nitrogens with one attached hydrogen (secondary N) is 1. The summed E-state index contributed by atoms with van der Waals surface area (Å²) in [6.07, 6.45) is 4.15. The van der Waals surface area contributed by atoms with E-state index in [9.17, 15) is 0 Å². The molecule has 0 aliphatic carbocycles. The smallest absolute Gasteiger partial charge is 0.225 e. The molecule has 1 aromatic carbocycles. The molecule has 5 heteroatoms. The van der Waals surface area contributed by atoms with Crippen LogP contribution >= 0.6 is 11.6 Å². The topological polar surface area (TPSA) is 41.1 Å². The Bertz CT molecular complexity index is 651. The van der Waals surface area contributed by atoms with Gasteiger partial charge in [0.25, 0.3) is 0 Å². The first-order valence-electron chi connectivity index (χ1n) is 7.66. The molecule has 116 valence electrons. The number of halogens is 1. The highest BCUT2D eigenvalue weighted by Gasteiger charge is 2.22. The number of hydrogen-bond acceptors (Lipinski definition) is 4. The zero-order chi connectivity index (χ0) is 15.5. The molecule has 2 heterocycles. The van der Waals surface area contributed by atoms with Crippen LogP contribution in [0.3, 0.4) is 0 Å². The SMILES string of the molecule is CN(C)c1ncc(-c2cccc(Cl)c2)c(C2CCNCC2)n1. The molecule has 2 aromatic rings. The second-order valence-corrected chi connectivity index (χ2v) is 6.33. The van der Waals surface area contributed by atoms with Gasteiger partial charge in [-0.3, -0.25) is 0 Å². The molecule has 1 saturated heterocycles. The average molecular weight is 317 g/mol. The van der Waals surface area contributed by atoms with Crippen LogP contribution in [0.2, 0.25) is 5.02 Å². The number of anilines is 1. The lowest BCUT2D eigenvalue weighted by molar-refractivity contribution is 0.453. The average Bonchev–Trinajstić information content (AvgIpc) is 2.55. The fourth-order valence-electron chi connectivity index (χ4n) is 2.89. The maximum atomic E-state index is 6.16. The summed E-state index contributed by atoms with van der Waals surface area (Å²) in [4.78, 5) is 11.3. The van der Waals surface area contributed by atoms with Crippen LogP contribution in [0.4, 0.5) is 5.95 Å². The summed E-state index contributed by atoms with van der Waals surface area (Å²) in [6, 6.07) is 7.93. The van der Waals surface area contributed by atoms with E-state index >= 15 is 0 Å². The lowest BCUT2D eigenvalue weighted by atomic mass is 9.89. The number of piperidine rings is 1. The maximum absolute atomic E-state index is 6.16. The third-order valence-corrected chi connectivity index (χ3v) is 4.30. The van der Waals surface area contributed by atoms with Crippen LogP contribution in [0.1, 0.15) is 24.5 Å². The van der Waals surface area contributed by atoms with Crippen LogP contribution in [-0.2, 0) is 0 Å². The van der Waals surface area contributed by atoms with Crippen molar-refractivity contribution in [3.63, 3.8) is 0 Å². The van der Waals surface area contributed by atoms with Crippen LogP contribution in [0.25, 0.3) is 11.1 Å². The molecule has 4 nitrogen and oxygen atoms in total. The largest absolute Gasteiger partial charge is 0.347 e. The van der Waals surface area contributed by atoms with Gasteiger partial charge in [-0.15, -0.1) is 0 Å². The van der Waals surface area contributed by atoms with Crippen molar-refractivity contribution in [3.8, 4) is 11.1 Å². The Morgan fingerprint density at radius 3 is 2.68 bits per heavy atom. The van der Waals surface area contributed by atoms with Gasteiger partial charge in [-0.25, -0.2) is 9.97 Å². The molecule has 1 fully saturated rings. The van der Waals surface area contributed by atoms with E-state index in [1.807, 2.05) is 43.4 Å². The van der Waals surface area contributed by atoms with Gasteiger partial charge in [-0.1, -0.05) is 23.7 Å². The van der Waals surface area contributed by atoms with Crippen molar-refractivity contribution < 1.29 is 0 Å². The normalized spacial score (nSPS) is 15.8. The van der Waals surface area contributed by atoms with Crippen LogP contribution in [-0.4, -0.2) is 37.2 Å². The van der Waals surface area contributed by atoms with Crippen molar-refractivity contribution in [2.75, 3.05) is 32.1 Å². The standard InChI is InChI=1S/C17H21ClN4/c1-22(2)17-20-11-15(13-4-3-5-14(18)10-13)16(21-17)12-6-8-19-9-7-12/h3-5,10-12,19H,6-9H2,1-2H3. The first kappa shape index (κ1) is 15.3. The van der Waals surface area contributed by atoms with Crippen molar-refractivity contribution >= 4 is 17.5 Å². The lowest BCUT2D eigenvalue weighted by Crippen LogP contribution is -2.27. The highest BCUT2D eigenvalue weighted by Crippen LogP contribution is 2.34. The molecule has 0 saturated carbocycles. The minimum atomic E-state index is 0.469. The second-order valence-electron chi connectivity index (χ2n) is 5.90. The number of hydrogen-bond donors (Lipinski definition) is 1. The van der Waals surface area contributed by atoms with Crippen molar-refractivity contribution in [3.05, 3.63) is 41.2 Å². The van der Waals surface area contributed by atoms with Gasteiger partial charge in [0.2, 0.25) is 5.95 Å². The first-order chi connectivity index (χ1) is 10.6. The molecule has 0 unspecified atom stereocenters. The molecule has 0 bridgehead atoms. The number of aromatic nitrogens is 2. The summed E-state index contributed by atoms with van der Waals surface area (Å²) < 4.78 is 0. The molecule has 3 rings (SSSR count). The van der Waals surface area contributed by atoms with Gasteiger partial charge in [0, 0.05) is 36.8 Å². The van der Waals surface area contributed by atoms with Gasteiger partial charge in [0.05, 0.1) is 5.69 Å². The molecule has 1 aliphatic rings. The number of benzene rings is 1. The monoisotopic (exact) mass is 316 g/mol. The molecule has 1 aromatic heterocycles. The van der Waals surface area contributed by atoms with Crippen LogP contribution in [0.5, 0.6) is 0 Å². The van der Waals surface area contributed by atoms with Gasteiger partial charge < -0.3 is 10.2 Å². The van der Waals surface area contributed by atoms with Gasteiger partial charge in [0.15, 0.2) is 0 Å². The van der Waals surface area contributed by atoms with E-state index in [1.165, 1.54) is 0 Å². The predicted molar refractivity (Wildman–Crippen MR) is 91.6 cm³/mol. The van der Waals surface area contributed by atoms with Gasteiger partial charge in [-0.2, -0.15) is 0 Å².